The maximum atomic E-state index is 10.5. The number of aromatic hydroxyl groups is 1. The molecule has 1 aliphatic heterocycles. The van der Waals surface area contributed by atoms with Crippen molar-refractivity contribution in [2.24, 2.45) is 5.92 Å². The third-order valence-electron chi connectivity index (χ3n) is 5.73. The minimum Gasteiger partial charge on any atom is -0.508 e. The van der Waals surface area contributed by atoms with Crippen LogP contribution in [0.3, 0.4) is 0 Å². The van der Waals surface area contributed by atoms with Gasteiger partial charge in [0.1, 0.15) is 5.75 Å². The fourth-order valence-electron chi connectivity index (χ4n) is 4.30. The van der Waals surface area contributed by atoms with Gasteiger partial charge in [0.15, 0.2) is 0 Å². The third kappa shape index (κ3) is 4.23. The lowest BCUT2D eigenvalue weighted by atomic mass is 9.87. The zero-order valence-corrected chi connectivity index (χ0v) is 15.7. The van der Waals surface area contributed by atoms with Gasteiger partial charge in [-0.05, 0) is 55.5 Å². The molecule has 3 aromatic rings. The largest absolute Gasteiger partial charge is 0.508 e. The molecule has 27 heavy (non-hydrogen) atoms. The molecule has 0 radical (unpaired) electrons. The van der Waals surface area contributed by atoms with Gasteiger partial charge in [-0.1, -0.05) is 78.9 Å². The SMILES string of the molecule is Oc1ccccc1C(c1ccccc1)N1CCC(Cc2ccccc2)CC1. The van der Waals surface area contributed by atoms with Gasteiger partial charge in [0.25, 0.3) is 0 Å². The van der Waals surface area contributed by atoms with Crippen molar-refractivity contribution in [1.29, 1.82) is 0 Å². The van der Waals surface area contributed by atoms with Gasteiger partial charge < -0.3 is 5.11 Å². The zero-order chi connectivity index (χ0) is 18.5. The lowest BCUT2D eigenvalue weighted by Gasteiger charge is -2.38. The summed E-state index contributed by atoms with van der Waals surface area (Å²) in [7, 11) is 0. The molecule has 0 aliphatic carbocycles. The van der Waals surface area contributed by atoms with Gasteiger partial charge in [-0.15, -0.1) is 0 Å². The molecule has 1 unspecified atom stereocenters. The van der Waals surface area contributed by atoms with E-state index < -0.39 is 0 Å². The first-order valence-corrected chi connectivity index (χ1v) is 9.92. The summed E-state index contributed by atoms with van der Waals surface area (Å²) in [6.45, 7) is 2.12. The van der Waals surface area contributed by atoms with E-state index in [1.807, 2.05) is 12.1 Å². The lowest BCUT2D eigenvalue weighted by Crippen LogP contribution is -2.37. The number of nitrogens with zero attached hydrogens (tertiary/aromatic N) is 1. The van der Waals surface area contributed by atoms with Gasteiger partial charge in [0.05, 0.1) is 6.04 Å². The molecule has 0 bridgehead atoms. The Morgan fingerprint density at radius 1 is 0.778 bits per heavy atom. The van der Waals surface area contributed by atoms with Crippen LogP contribution in [0.15, 0.2) is 84.9 Å². The summed E-state index contributed by atoms with van der Waals surface area (Å²) >= 11 is 0. The summed E-state index contributed by atoms with van der Waals surface area (Å²) in [5, 5.41) is 10.5. The summed E-state index contributed by atoms with van der Waals surface area (Å²) in [6.07, 6.45) is 3.57. The summed E-state index contributed by atoms with van der Waals surface area (Å²) < 4.78 is 0. The number of hydrogen-bond donors (Lipinski definition) is 1. The molecule has 3 aromatic carbocycles. The first-order chi connectivity index (χ1) is 13.3. The van der Waals surface area contributed by atoms with Crippen LogP contribution in [0.25, 0.3) is 0 Å². The average molecular weight is 357 g/mol. The minimum absolute atomic E-state index is 0.116. The fourth-order valence-corrected chi connectivity index (χ4v) is 4.30. The highest BCUT2D eigenvalue weighted by Crippen LogP contribution is 2.36. The number of hydrogen-bond acceptors (Lipinski definition) is 2. The first kappa shape index (κ1) is 17.8. The molecule has 0 amide bonds. The van der Waals surface area contributed by atoms with Crippen LogP contribution in [0.2, 0.25) is 0 Å². The predicted octanol–water partition coefficient (Wildman–Crippen LogP) is 5.44. The van der Waals surface area contributed by atoms with Crippen molar-refractivity contribution in [3.8, 4) is 5.75 Å². The minimum atomic E-state index is 0.116. The first-order valence-electron chi connectivity index (χ1n) is 9.92. The molecule has 2 heteroatoms. The third-order valence-corrected chi connectivity index (χ3v) is 5.73. The number of likely N-dealkylation sites (tertiary alicyclic amines) is 1. The molecule has 1 fully saturated rings. The molecule has 1 atom stereocenters. The van der Waals surface area contributed by atoms with Gasteiger partial charge >= 0.3 is 0 Å². The molecule has 1 heterocycles. The predicted molar refractivity (Wildman–Crippen MR) is 111 cm³/mol. The number of para-hydroxylation sites is 1. The van der Waals surface area contributed by atoms with E-state index in [9.17, 15) is 5.11 Å². The second kappa shape index (κ2) is 8.41. The summed E-state index contributed by atoms with van der Waals surface area (Å²) in [5.74, 6) is 1.13. The van der Waals surface area contributed by atoms with Gasteiger partial charge in [-0.3, -0.25) is 4.90 Å². The van der Waals surface area contributed by atoms with Crippen LogP contribution in [0, 0.1) is 5.92 Å². The Morgan fingerprint density at radius 2 is 1.37 bits per heavy atom. The topological polar surface area (TPSA) is 23.5 Å². The number of rotatable bonds is 5. The molecule has 0 spiro atoms. The fraction of sp³-hybridized carbons (Fsp3) is 0.280. The van der Waals surface area contributed by atoms with Crippen molar-refractivity contribution >= 4 is 0 Å². The van der Waals surface area contributed by atoms with E-state index in [0.29, 0.717) is 5.75 Å². The van der Waals surface area contributed by atoms with Crippen molar-refractivity contribution in [1.82, 2.24) is 4.90 Å². The van der Waals surface area contributed by atoms with Crippen molar-refractivity contribution in [2.45, 2.75) is 25.3 Å². The molecule has 1 N–H and O–H groups in total. The van der Waals surface area contributed by atoms with Gasteiger partial charge in [0.2, 0.25) is 0 Å². The Balaban J connectivity index is 1.52. The molecular weight excluding hydrogens is 330 g/mol. The van der Waals surface area contributed by atoms with E-state index in [4.69, 9.17) is 0 Å². The average Bonchev–Trinajstić information content (AvgIpc) is 2.72. The number of benzene rings is 3. The second-order valence-electron chi connectivity index (χ2n) is 7.54. The van der Waals surface area contributed by atoms with E-state index >= 15 is 0 Å². The summed E-state index contributed by atoms with van der Waals surface area (Å²) in [4.78, 5) is 2.53. The Kier molecular flexibility index (Phi) is 5.55. The molecule has 0 aromatic heterocycles. The number of piperidine rings is 1. The van der Waals surface area contributed by atoms with Crippen molar-refractivity contribution in [2.75, 3.05) is 13.1 Å². The van der Waals surface area contributed by atoms with Crippen LogP contribution in [-0.4, -0.2) is 23.1 Å². The molecule has 0 saturated carbocycles. The van der Waals surface area contributed by atoms with Crippen molar-refractivity contribution in [3.05, 3.63) is 102 Å². The Morgan fingerprint density at radius 3 is 2.04 bits per heavy atom. The highest BCUT2D eigenvalue weighted by molar-refractivity contribution is 5.40. The maximum Gasteiger partial charge on any atom is 0.120 e. The van der Waals surface area contributed by atoms with Crippen LogP contribution in [0.4, 0.5) is 0 Å². The number of phenols is 1. The Bertz CT molecular complexity index is 838. The normalized spacial score (nSPS) is 16.9. The smallest absolute Gasteiger partial charge is 0.120 e. The highest BCUT2D eigenvalue weighted by atomic mass is 16.3. The summed E-state index contributed by atoms with van der Waals surface area (Å²) in [5.41, 5.74) is 3.70. The van der Waals surface area contributed by atoms with Crippen molar-refractivity contribution in [3.63, 3.8) is 0 Å². The van der Waals surface area contributed by atoms with E-state index in [2.05, 4.69) is 71.6 Å². The molecular formula is C25H27NO. The van der Waals surface area contributed by atoms with E-state index in [1.54, 1.807) is 6.07 Å². The van der Waals surface area contributed by atoms with E-state index in [1.165, 1.54) is 30.4 Å². The van der Waals surface area contributed by atoms with Gasteiger partial charge in [0, 0.05) is 5.56 Å². The lowest BCUT2D eigenvalue weighted by molar-refractivity contribution is 0.149. The zero-order valence-electron chi connectivity index (χ0n) is 15.7. The van der Waals surface area contributed by atoms with Gasteiger partial charge in [-0.25, -0.2) is 0 Å². The Hall–Kier alpha value is -2.58. The quantitative estimate of drug-likeness (QED) is 0.657. The standard InChI is InChI=1S/C25H27NO/c27-24-14-8-7-13-23(24)25(22-11-5-2-6-12-22)26-17-15-21(16-18-26)19-20-9-3-1-4-10-20/h1-14,21,25,27H,15-19H2. The van der Waals surface area contributed by atoms with Crippen LogP contribution < -0.4 is 0 Å². The molecule has 1 saturated heterocycles. The van der Waals surface area contributed by atoms with Gasteiger partial charge in [-0.2, -0.15) is 0 Å². The second-order valence-corrected chi connectivity index (χ2v) is 7.54. The van der Waals surface area contributed by atoms with E-state index in [-0.39, 0.29) is 6.04 Å². The highest BCUT2D eigenvalue weighted by Gasteiger charge is 2.28. The number of phenolic OH excluding ortho intramolecular Hbond substituents is 1. The maximum absolute atomic E-state index is 10.5. The van der Waals surface area contributed by atoms with E-state index in [0.717, 1.165) is 24.6 Å². The van der Waals surface area contributed by atoms with Crippen LogP contribution in [0.1, 0.15) is 35.6 Å². The molecule has 2 nitrogen and oxygen atoms in total. The molecule has 4 rings (SSSR count). The van der Waals surface area contributed by atoms with Crippen LogP contribution in [-0.2, 0) is 6.42 Å². The van der Waals surface area contributed by atoms with Crippen LogP contribution in [0.5, 0.6) is 5.75 Å². The monoisotopic (exact) mass is 357 g/mol. The molecule has 1 aliphatic rings. The van der Waals surface area contributed by atoms with Crippen molar-refractivity contribution < 1.29 is 5.11 Å². The molecule has 138 valence electrons. The Labute approximate surface area is 162 Å². The summed E-state index contributed by atoms with van der Waals surface area (Å²) in [6, 6.07) is 29.3. The van der Waals surface area contributed by atoms with Crippen LogP contribution >= 0.6 is 0 Å².